The molecule has 1 heterocycles. The van der Waals surface area contributed by atoms with E-state index < -0.39 is 11.0 Å². The minimum Gasteiger partial charge on any atom is -0.444 e. The maximum Gasteiger partial charge on any atom is 0.410 e. The first-order chi connectivity index (χ1) is 10.0. The van der Waals surface area contributed by atoms with Crippen molar-refractivity contribution in [1.29, 1.82) is 0 Å². The summed E-state index contributed by atoms with van der Waals surface area (Å²) in [7, 11) is 0. The van der Waals surface area contributed by atoms with E-state index >= 15 is 0 Å². The van der Waals surface area contributed by atoms with E-state index in [4.69, 9.17) is 10.5 Å². The fourth-order valence-corrected chi connectivity index (χ4v) is 2.36. The van der Waals surface area contributed by atoms with Crippen molar-refractivity contribution in [2.75, 3.05) is 26.2 Å². The Morgan fingerprint density at radius 2 is 1.77 bits per heavy atom. The fourth-order valence-electron chi connectivity index (χ4n) is 2.36. The Hall–Kier alpha value is -1.30. The summed E-state index contributed by atoms with van der Waals surface area (Å²) in [6, 6.07) is -0.153. The summed E-state index contributed by atoms with van der Waals surface area (Å²) in [5.41, 5.74) is 4.91. The summed E-state index contributed by atoms with van der Waals surface area (Å²) in [5, 5.41) is 0. The van der Waals surface area contributed by atoms with Crippen LogP contribution >= 0.6 is 0 Å². The molecule has 0 aliphatic carbocycles. The number of nitrogens with two attached hydrogens (primary N) is 1. The lowest BCUT2D eigenvalue weighted by atomic mass is 9.87. The Kier molecular flexibility index (Phi) is 5.84. The Morgan fingerprint density at radius 3 is 2.23 bits per heavy atom. The van der Waals surface area contributed by atoms with Gasteiger partial charge in [0, 0.05) is 31.6 Å². The molecule has 6 heteroatoms. The topological polar surface area (TPSA) is 75.9 Å². The van der Waals surface area contributed by atoms with Crippen molar-refractivity contribution < 1.29 is 14.3 Å². The predicted molar refractivity (Wildman–Crippen MR) is 86.4 cm³/mol. The van der Waals surface area contributed by atoms with Gasteiger partial charge < -0.3 is 20.3 Å². The summed E-state index contributed by atoms with van der Waals surface area (Å²) in [4.78, 5) is 28.3. The molecule has 128 valence electrons. The van der Waals surface area contributed by atoms with Crippen molar-refractivity contribution in [2.24, 2.45) is 11.1 Å². The molecule has 1 aliphatic rings. The summed E-state index contributed by atoms with van der Waals surface area (Å²) in [6.45, 7) is 13.2. The van der Waals surface area contributed by atoms with Gasteiger partial charge in [-0.05, 0) is 27.2 Å². The van der Waals surface area contributed by atoms with Crippen molar-refractivity contribution in [3.8, 4) is 0 Å². The second-order valence-electron chi connectivity index (χ2n) is 7.55. The molecular formula is C16H31N3O3. The average Bonchev–Trinajstić information content (AvgIpc) is 2.43. The highest BCUT2D eigenvalue weighted by molar-refractivity contribution is 5.82. The van der Waals surface area contributed by atoms with Crippen LogP contribution in [-0.4, -0.2) is 59.6 Å². The molecule has 0 aromatic carbocycles. The summed E-state index contributed by atoms with van der Waals surface area (Å²) < 4.78 is 5.40. The van der Waals surface area contributed by atoms with Gasteiger partial charge in [-0.3, -0.25) is 4.79 Å². The largest absolute Gasteiger partial charge is 0.444 e. The minimum absolute atomic E-state index is 0.106. The Morgan fingerprint density at radius 1 is 1.18 bits per heavy atom. The quantitative estimate of drug-likeness (QED) is 0.862. The maximum absolute atomic E-state index is 12.7. The van der Waals surface area contributed by atoms with Crippen LogP contribution in [0.15, 0.2) is 0 Å². The third-order valence-corrected chi connectivity index (χ3v) is 4.13. The minimum atomic E-state index is -0.521. The van der Waals surface area contributed by atoms with Crippen molar-refractivity contribution in [3.05, 3.63) is 0 Å². The predicted octanol–water partition coefficient (Wildman–Crippen LogP) is 1.83. The molecule has 2 amide bonds. The van der Waals surface area contributed by atoms with E-state index in [2.05, 4.69) is 0 Å². The van der Waals surface area contributed by atoms with Crippen molar-refractivity contribution in [2.45, 2.75) is 59.6 Å². The second-order valence-corrected chi connectivity index (χ2v) is 7.55. The number of hydrogen-bond acceptors (Lipinski definition) is 4. The molecule has 1 fully saturated rings. The molecule has 0 saturated carbocycles. The molecule has 0 aromatic heterocycles. The lowest BCUT2D eigenvalue weighted by Gasteiger charge is -2.43. The van der Waals surface area contributed by atoms with Crippen LogP contribution in [0, 0.1) is 5.41 Å². The smallest absolute Gasteiger partial charge is 0.410 e. The first-order valence-corrected chi connectivity index (χ1v) is 8.01. The normalized spacial score (nSPS) is 20.0. The van der Waals surface area contributed by atoms with Crippen molar-refractivity contribution >= 4 is 12.0 Å². The van der Waals surface area contributed by atoms with Crippen LogP contribution in [0.2, 0.25) is 0 Å². The molecule has 1 rings (SSSR count). The molecule has 1 saturated heterocycles. The molecule has 1 unspecified atom stereocenters. The number of carbonyl (C=O) groups excluding carboxylic acids is 2. The van der Waals surface area contributed by atoms with Crippen LogP contribution in [0.3, 0.4) is 0 Å². The fraction of sp³-hybridized carbons (Fsp3) is 0.875. The van der Waals surface area contributed by atoms with Crippen LogP contribution in [0.25, 0.3) is 0 Å². The highest BCUT2D eigenvalue weighted by Crippen LogP contribution is 2.26. The van der Waals surface area contributed by atoms with Crippen molar-refractivity contribution in [3.63, 3.8) is 0 Å². The van der Waals surface area contributed by atoms with Crippen LogP contribution in [0.4, 0.5) is 4.79 Å². The highest BCUT2D eigenvalue weighted by Gasteiger charge is 2.38. The zero-order valence-electron chi connectivity index (χ0n) is 14.8. The summed E-state index contributed by atoms with van der Waals surface area (Å²) >= 11 is 0. The number of piperazine rings is 1. The number of rotatable bonds is 3. The summed E-state index contributed by atoms with van der Waals surface area (Å²) in [6.07, 6.45) is 0.433. The maximum atomic E-state index is 12.7. The van der Waals surface area contributed by atoms with Crippen LogP contribution in [0.1, 0.15) is 48.0 Å². The first-order valence-electron chi connectivity index (χ1n) is 8.01. The molecule has 0 aromatic rings. The van der Waals surface area contributed by atoms with E-state index in [1.54, 1.807) is 4.90 Å². The Bertz CT molecular complexity index is 415. The Labute approximate surface area is 134 Å². The zero-order valence-corrected chi connectivity index (χ0v) is 14.8. The lowest BCUT2D eigenvalue weighted by molar-refractivity contribution is -0.145. The number of nitrogens with zero attached hydrogens (tertiary/aromatic N) is 2. The van der Waals surface area contributed by atoms with Gasteiger partial charge in [0.25, 0.3) is 0 Å². The number of ether oxygens (including phenoxy) is 1. The first kappa shape index (κ1) is 18.7. The van der Waals surface area contributed by atoms with E-state index in [1.165, 1.54) is 0 Å². The molecule has 6 nitrogen and oxygen atoms in total. The standard InChI is InChI=1S/C16H31N3O3/c1-7-16(5,6)13(20)19-9-8-18(11-12(19)10-17)14(21)22-15(2,3)4/h12H,7-11,17H2,1-6H3. The molecule has 0 bridgehead atoms. The summed E-state index contributed by atoms with van der Waals surface area (Å²) in [5.74, 6) is 0.106. The van der Waals surface area contributed by atoms with Gasteiger partial charge in [0.15, 0.2) is 0 Å². The third kappa shape index (κ3) is 4.60. The highest BCUT2D eigenvalue weighted by atomic mass is 16.6. The van der Waals surface area contributed by atoms with E-state index in [-0.39, 0.29) is 18.0 Å². The second kappa shape index (κ2) is 6.86. The van der Waals surface area contributed by atoms with Crippen LogP contribution in [0.5, 0.6) is 0 Å². The van der Waals surface area contributed by atoms with E-state index in [0.29, 0.717) is 26.2 Å². The van der Waals surface area contributed by atoms with Gasteiger partial charge in [-0.25, -0.2) is 4.79 Å². The van der Waals surface area contributed by atoms with Gasteiger partial charge >= 0.3 is 6.09 Å². The molecule has 1 atom stereocenters. The molecule has 22 heavy (non-hydrogen) atoms. The molecule has 0 spiro atoms. The number of carbonyl (C=O) groups is 2. The van der Waals surface area contributed by atoms with E-state index in [0.717, 1.165) is 6.42 Å². The van der Waals surface area contributed by atoms with Gasteiger partial charge in [0.1, 0.15) is 5.60 Å². The number of amides is 2. The molecule has 2 N–H and O–H groups in total. The van der Waals surface area contributed by atoms with Gasteiger partial charge in [0.2, 0.25) is 5.91 Å². The lowest BCUT2D eigenvalue weighted by Crippen LogP contribution is -2.61. The van der Waals surface area contributed by atoms with E-state index in [9.17, 15) is 9.59 Å². The van der Waals surface area contributed by atoms with Gasteiger partial charge in [-0.2, -0.15) is 0 Å². The molecular weight excluding hydrogens is 282 g/mol. The van der Waals surface area contributed by atoms with Gasteiger partial charge in [-0.1, -0.05) is 20.8 Å². The van der Waals surface area contributed by atoms with Gasteiger partial charge in [0.05, 0.1) is 6.04 Å². The monoisotopic (exact) mass is 313 g/mol. The third-order valence-electron chi connectivity index (χ3n) is 4.13. The van der Waals surface area contributed by atoms with Gasteiger partial charge in [-0.15, -0.1) is 0 Å². The Balaban J connectivity index is 2.76. The van der Waals surface area contributed by atoms with Crippen LogP contribution < -0.4 is 5.73 Å². The zero-order chi connectivity index (χ0) is 17.1. The molecule has 1 aliphatic heterocycles. The van der Waals surface area contributed by atoms with Crippen molar-refractivity contribution in [1.82, 2.24) is 9.80 Å². The number of hydrogen-bond donors (Lipinski definition) is 1. The van der Waals surface area contributed by atoms with E-state index in [1.807, 2.05) is 46.4 Å². The SMILES string of the molecule is CCC(C)(C)C(=O)N1CCN(C(=O)OC(C)(C)C)CC1CN. The average molecular weight is 313 g/mol. The molecule has 0 radical (unpaired) electrons. The van der Waals surface area contributed by atoms with Crippen LogP contribution in [-0.2, 0) is 9.53 Å².